The highest BCUT2D eigenvalue weighted by Crippen LogP contribution is 2.37. The molecule has 0 aliphatic carbocycles. The maximum atomic E-state index is 13.4. The smallest absolute Gasteiger partial charge is 0.275 e. The third-order valence-corrected chi connectivity index (χ3v) is 5.85. The molecule has 168 valence electrons. The lowest BCUT2D eigenvalue weighted by atomic mass is 10.00. The topological polar surface area (TPSA) is 114 Å². The molecule has 0 spiro atoms. The first-order chi connectivity index (χ1) is 15.4. The van der Waals surface area contributed by atoms with Gasteiger partial charge in [0.2, 0.25) is 5.91 Å². The minimum Gasteiger partial charge on any atom is -0.497 e. The lowest BCUT2D eigenvalue weighted by Gasteiger charge is -2.20. The van der Waals surface area contributed by atoms with E-state index in [-0.39, 0.29) is 23.8 Å². The average molecular weight is 439 g/mol. The molecule has 1 saturated heterocycles. The highest BCUT2D eigenvalue weighted by Gasteiger charge is 2.43. The number of anilines is 1. The number of nitrogens with two attached hydrogens (primary N) is 1. The monoisotopic (exact) mass is 439 g/mol. The number of methoxy groups -OCH3 is 2. The van der Waals surface area contributed by atoms with Crippen molar-refractivity contribution >= 4 is 23.4 Å². The first kappa shape index (κ1) is 21.6. The molecule has 2 aromatic rings. The van der Waals surface area contributed by atoms with Crippen molar-refractivity contribution < 1.29 is 29.2 Å². The maximum absolute atomic E-state index is 13.4. The van der Waals surface area contributed by atoms with Crippen molar-refractivity contribution in [3.05, 3.63) is 42.0 Å². The van der Waals surface area contributed by atoms with Gasteiger partial charge in [0.05, 0.1) is 32.5 Å². The molecule has 2 heterocycles. The Morgan fingerprint density at radius 3 is 2.69 bits per heavy atom. The summed E-state index contributed by atoms with van der Waals surface area (Å²) in [5.74, 6) is 0.681. The largest absolute Gasteiger partial charge is 0.497 e. The van der Waals surface area contributed by atoms with Crippen LogP contribution in [0.4, 0.5) is 5.69 Å². The first-order valence-corrected chi connectivity index (χ1v) is 10.5. The standard InChI is InChI=1S/C23H26N4O5/c1-24-11-21(28)25-14-9-19-22(29)26-18-7-4-13(8-17(18)23(30)27(19)12-14)16-6-5-15(31-2)10-20(16)32-3/h4-8,10,14,19,24H,9,11-12H2,1-3H3,(H,25,28)(H,26,29)/p+1/t14-,19-/m0/s1. The van der Waals surface area contributed by atoms with Crippen LogP contribution < -0.4 is 25.4 Å². The molecule has 2 atom stereocenters. The number of nitrogens with one attached hydrogen (secondary N) is 2. The van der Waals surface area contributed by atoms with E-state index in [2.05, 4.69) is 10.6 Å². The van der Waals surface area contributed by atoms with Crippen molar-refractivity contribution in [3.63, 3.8) is 0 Å². The molecule has 0 bridgehead atoms. The van der Waals surface area contributed by atoms with Crippen molar-refractivity contribution in [2.24, 2.45) is 0 Å². The number of likely N-dealkylation sites (N-methyl/N-ethyl adjacent to an activating group) is 1. The van der Waals surface area contributed by atoms with Gasteiger partial charge in [0.15, 0.2) is 6.54 Å². The average Bonchev–Trinajstić information content (AvgIpc) is 3.18. The van der Waals surface area contributed by atoms with Gasteiger partial charge in [0.25, 0.3) is 11.8 Å². The lowest BCUT2D eigenvalue weighted by Crippen LogP contribution is -2.82. The molecule has 0 radical (unpaired) electrons. The third kappa shape index (κ3) is 3.99. The molecule has 2 aromatic carbocycles. The Labute approximate surface area is 186 Å². The zero-order chi connectivity index (χ0) is 22.8. The third-order valence-electron chi connectivity index (χ3n) is 5.85. The molecule has 3 amide bonds. The van der Waals surface area contributed by atoms with E-state index < -0.39 is 6.04 Å². The zero-order valence-corrected chi connectivity index (χ0v) is 18.3. The highest BCUT2D eigenvalue weighted by atomic mass is 16.5. The second kappa shape index (κ2) is 8.88. The molecule has 9 nitrogen and oxygen atoms in total. The van der Waals surface area contributed by atoms with Gasteiger partial charge in [-0.1, -0.05) is 6.07 Å². The number of hydrogen-bond acceptors (Lipinski definition) is 5. The van der Waals surface area contributed by atoms with Gasteiger partial charge in [0.1, 0.15) is 17.5 Å². The molecular formula is C23H27N4O5+. The second-order valence-electron chi connectivity index (χ2n) is 7.90. The van der Waals surface area contributed by atoms with Crippen LogP contribution in [0.3, 0.4) is 0 Å². The van der Waals surface area contributed by atoms with Crippen molar-refractivity contribution in [1.29, 1.82) is 0 Å². The number of ether oxygens (including phenoxy) is 2. The van der Waals surface area contributed by atoms with Gasteiger partial charge in [-0.05, 0) is 36.2 Å². The van der Waals surface area contributed by atoms with Gasteiger partial charge in [-0.15, -0.1) is 0 Å². The van der Waals surface area contributed by atoms with Crippen LogP contribution in [-0.4, -0.2) is 69.1 Å². The van der Waals surface area contributed by atoms with Gasteiger partial charge in [-0.25, -0.2) is 0 Å². The summed E-state index contributed by atoms with van der Waals surface area (Å²) in [5, 5.41) is 7.56. The summed E-state index contributed by atoms with van der Waals surface area (Å²) in [6, 6.07) is 9.95. The number of rotatable bonds is 6. The lowest BCUT2D eigenvalue weighted by molar-refractivity contribution is -0.615. The van der Waals surface area contributed by atoms with E-state index in [1.54, 1.807) is 42.6 Å². The predicted octanol–water partition coefficient (Wildman–Crippen LogP) is 0.215. The number of nitrogens with zero attached hydrogens (tertiary/aromatic N) is 1. The van der Waals surface area contributed by atoms with Gasteiger partial charge >= 0.3 is 0 Å². The molecule has 1 fully saturated rings. The SMILES string of the molecule is C[NH2+]CC(=O)N[C@H]1C[C@H]2C(=O)Nc3ccc(-c4ccc(OC)cc4OC)cc3C(=O)N2C1. The van der Waals surface area contributed by atoms with E-state index in [1.165, 1.54) is 0 Å². The summed E-state index contributed by atoms with van der Waals surface area (Å²) in [6.07, 6.45) is 0.389. The normalized spacial score (nSPS) is 19.5. The Hall–Kier alpha value is -3.59. The molecular weight excluding hydrogens is 412 g/mol. The fourth-order valence-corrected chi connectivity index (χ4v) is 4.29. The van der Waals surface area contributed by atoms with Crippen molar-refractivity contribution in [1.82, 2.24) is 10.2 Å². The van der Waals surface area contributed by atoms with E-state index in [0.29, 0.717) is 42.3 Å². The predicted molar refractivity (Wildman–Crippen MR) is 118 cm³/mol. The zero-order valence-electron chi connectivity index (χ0n) is 18.3. The van der Waals surface area contributed by atoms with Gasteiger partial charge in [-0.2, -0.15) is 0 Å². The number of quaternary nitrogens is 1. The molecule has 0 aromatic heterocycles. The maximum Gasteiger partial charge on any atom is 0.275 e. The Kier molecular flexibility index (Phi) is 6.00. The van der Waals surface area contributed by atoms with Crippen LogP contribution in [-0.2, 0) is 9.59 Å². The molecule has 4 rings (SSSR count). The number of hydrogen-bond donors (Lipinski definition) is 3. The number of benzene rings is 2. The van der Waals surface area contributed by atoms with E-state index in [0.717, 1.165) is 11.1 Å². The minimum atomic E-state index is -0.621. The van der Waals surface area contributed by atoms with Crippen molar-refractivity contribution in [3.8, 4) is 22.6 Å². The fraction of sp³-hybridized carbons (Fsp3) is 0.348. The molecule has 4 N–H and O–H groups in total. The van der Waals surface area contributed by atoms with Crippen molar-refractivity contribution in [2.75, 3.05) is 39.7 Å². The molecule has 0 saturated carbocycles. The fourth-order valence-electron chi connectivity index (χ4n) is 4.29. The molecule has 2 aliphatic rings. The van der Waals surface area contributed by atoms with Gasteiger partial charge < -0.3 is 30.3 Å². The summed E-state index contributed by atoms with van der Waals surface area (Å²) >= 11 is 0. The van der Waals surface area contributed by atoms with Crippen LogP contribution in [0.2, 0.25) is 0 Å². The summed E-state index contributed by atoms with van der Waals surface area (Å²) < 4.78 is 10.8. The van der Waals surface area contributed by atoms with E-state index >= 15 is 0 Å². The number of fused-ring (bicyclic) bond motifs is 2. The molecule has 9 heteroatoms. The molecule has 2 aliphatic heterocycles. The van der Waals surface area contributed by atoms with Crippen LogP contribution in [0.1, 0.15) is 16.8 Å². The minimum absolute atomic E-state index is 0.114. The van der Waals surface area contributed by atoms with E-state index in [9.17, 15) is 14.4 Å². The van der Waals surface area contributed by atoms with Crippen LogP contribution in [0, 0.1) is 0 Å². The van der Waals surface area contributed by atoms with E-state index in [1.807, 2.05) is 25.2 Å². The number of carbonyl (C=O) groups excluding carboxylic acids is 3. The van der Waals surface area contributed by atoms with Crippen LogP contribution in [0.5, 0.6) is 11.5 Å². The Bertz CT molecular complexity index is 1070. The highest BCUT2D eigenvalue weighted by molar-refractivity contribution is 6.11. The molecule has 32 heavy (non-hydrogen) atoms. The quantitative estimate of drug-likeness (QED) is 0.596. The van der Waals surface area contributed by atoms with E-state index in [4.69, 9.17) is 9.47 Å². The second-order valence-corrected chi connectivity index (χ2v) is 7.90. The van der Waals surface area contributed by atoms with Crippen LogP contribution in [0.15, 0.2) is 36.4 Å². The Morgan fingerprint density at radius 1 is 1.16 bits per heavy atom. The Morgan fingerprint density at radius 2 is 1.97 bits per heavy atom. The number of carbonyl (C=O) groups is 3. The first-order valence-electron chi connectivity index (χ1n) is 10.5. The summed E-state index contributed by atoms with van der Waals surface area (Å²) in [4.78, 5) is 39.8. The number of amides is 3. The van der Waals surface area contributed by atoms with Crippen LogP contribution >= 0.6 is 0 Å². The van der Waals surface area contributed by atoms with Gasteiger partial charge in [-0.3, -0.25) is 14.4 Å². The van der Waals surface area contributed by atoms with Gasteiger partial charge in [0, 0.05) is 24.2 Å². The summed E-state index contributed by atoms with van der Waals surface area (Å²) in [6.45, 7) is 0.596. The summed E-state index contributed by atoms with van der Waals surface area (Å²) in [5.41, 5.74) is 2.47. The van der Waals surface area contributed by atoms with Crippen molar-refractivity contribution in [2.45, 2.75) is 18.5 Å². The van der Waals surface area contributed by atoms with Crippen LogP contribution in [0.25, 0.3) is 11.1 Å². The molecule has 0 unspecified atom stereocenters. The summed E-state index contributed by atoms with van der Waals surface area (Å²) in [7, 11) is 4.97. The Balaban J connectivity index is 1.65.